The fourth-order valence-electron chi connectivity index (χ4n) is 7.51. The molecular formula is C50H33NS. The molecule has 0 aliphatic heterocycles. The zero-order valence-corrected chi connectivity index (χ0v) is 29.2. The van der Waals surface area contributed by atoms with Gasteiger partial charge in [-0.2, -0.15) is 0 Å². The quantitative estimate of drug-likeness (QED) is 0.169. The lowest BCUT2D eigenvalue weighted by Crippen LogP contribution is -2.09. The maximum atomic E-state index is 2.37. The fraction of sp³-hybridized carbons (Fsp3) is 0. The summed E-state index contributed by atoms with van der Waals surface area (Å²) in [6, 6.07) is 73.0. The van der Waals surface area contributed by atoms with Crippen LogP contribution in [0.2, 0.25) is 0 Å². The van der Waals surface area contributed by atoms with E-state index in [2.05, 4.69) is 205 Å². The molecule has 2 heteroatoms. The number of rotatable bonds is 6. The molecule has 0 unspecified atom stereocenters. The molecule has 0 aliphatic rings. The number of benzene rings is 9. The second-order valence-electron chi connectivity index (χ2n) is 13.4. The predicted octanol–water partition coefficient (Wildman–Crippen LogP) is 14.8. The van der Waals surface area contributed by atoms with E-state index in [0.29, 0.717) is 0 Å². The van der Waals surface area contributed by atoms with Crippen LogP contribution in [0.1, 0.15) is 0 Å². The van der Waals surface area contributed by atoms with Crippen LogP contribution in [0, 0.1) is 0 Å². The van der Waals surface area contributed by atoms with Gasteiger partial charge in [-0.1, -0.05) is 133 Å². The van der Waals surface area contributed by atoms with Crippen LogP contribution in [0.3, 0.4) is 0 Å². The van der Waals surface area contributed by atoms with Crippen molar-refractivity contribution in [3.8, 4) is 33.4 Å². The normalized spacial score (nSPS) is 11.5. The number of thiophene rings is 1. The molecule has 10 rings (SSSR count). The molecule has 10 aromatic rings. The third-order valence-corrected chi connectivity index (χ3v) is 11.4. The van der Waals surface area contributed by atoms with Gasteiger partial charge in [0.15, 0.2) is 0 Å². The van der Waals surface area contributed by atoms with Gasteiger partial charge in [0, 0.05) is 37.2 Å². The Morgan fingerprint density at radius 3 is 1.38 bits per heavy atom. The highest BCUT2D eigenvalue weighted by Gasteiger charge is 2.16. The Labute approximate surface area is 307 Å². The van der Waals surface area contributed by atoms with Gasteiger partial charge in [-0.3, -0.25) is 0 Å². The summed E-state index contributed by atoms with van der Waals surface area (Å²) in [5.41, 5.74) is 10.7. The number of fused-ring (bicyclic) bond motifs is 5. The van der Waals surface area contributed by atoms with Crippen LogP contribution in [0.5, 0.6) is 0 Å². The third-order valence-electron chi connectivity index (χ3n) is 10.2. The first-order valence-electron chi connectivity index (χ1n) is 17.7. The second-order valence-corrected chi connectivity index (χ2v) is 14.5. The van der Waals surface area contributed by atoms with Crippen molar-refractivity contribution in [1.29, 1.82) is 0 Å². The van der Waals surface area contributed by atoms with Gasteiger partial charge >= 0.3 is 0 Å². The Bertz CT molecular complexity index is 2890. The van der Waals surface area contributed by atoms with Crippen molar-refractivity contribution in [2.45, 2.75) is 0 Å². The largest absolute Gasteiger partial charge is 0.310 e. The van der Waals surface area contributed by atoms with Gasteiger partial charge in [-0.25, -0.2) is 0 Å². The molecule has 0 aliphatic carbocycles. The highest BCUT2D eigenvalue weighted by atomic mass is 32.1. The molecule has 0 amide bonds. The zero-order chi connectivity index (χ0) is 34.4. The Kier molecular flexibility index (Phi) is 7.41. The summed E-state index contributed by atoms with van der Waals surface area (Å²) in [5.74, 6) is 0. The number of hydrogen-bond acceptors (Lipinski definition) is 2. The average Bonchev–Trinajstić information content (AvgIpc) is 3.59. The van der Waals surface area contributed by atoms with Crippen molar-refractivity contribution < 1.29 is 0 Å². The first-order valence-corrected chi connectivity index (χ1v) is 18.6. The van der Waals surface area contributed by atoms with E-state index < -0.39 is 0 Å². The Morgan fingerprint density at radius 2 is 0.712 bits per heavy atom. The summed E-state index contributed by atoms with van der Waals surface area (Å²) in [7, 11) is 0. The summed E-state index contributed by atoms with van der Waals surface area (Å²) < 4.78 is 2.62. The van der Waals surface area contributed by atoms with Crippen LogP contribution in [0.25, 0.3) is 75.1 Å². The second kappa shape index (κ2) is 12.7. The van der Waals surface area contributed by atoms with Gasteiger partial charge in [0.2, 0.25) is 0 Å². The smallest absolute Gasteiger partial charge is 0.0468 e. The average molecular weight is 680 g/mol. The minimum atomic E-state index is 1.12. The van der Waals surface area contributed by atoms with E-state index in [1.165, 1.54) is 75.1 Å². The minimum Gasteiger partial charge on any atom is -0.310 e. The van der Waals surface area contributed by atoms with Gasteiger partial charge in [0.05, 0.1) is 0 Å². The lowest BCUT2D eigenvalue weighted by molar-refractivity contribution is 1.29. The third kappa shape index (κ3) is 5.51. The summed E-state index contributed by atoms with van der Waals surface area (Å²) in [4.78, 5) is 2.37. The van der Waals surface area contributed by atoms with E-state index in [0.717, 1.165) is 17.1 Å². The molecule has 9 aromatic carbocycles. The van der Waals surface area contributed by atoms with Crippen molar-refractivity contribution in [3.63, 3.8) is 0 Å². The first kappa shape index (κ1) is 30.4. The van der Waals surface area contributed by atoms with Gasteiger partial charge in [-0.15, -0.1) is 11.3 Å². The molecular weight excluding hydrogens is 647 g/mol. The van der Waals surface area contributed by atoms with Crippen molar-refractivity contribution in [3.05, 3.63) is 200 Å². The van der Waals surface area contributed by atoms with Gasteiger partial charge in [0.1, 0.15) is 0 Å². The molecule has 0 radical (unpaired) electrons. The van der Waals surface area contributed by atoms with Crippen molar-refractivity contribution in [1.82, 2.24) is 0 Å². The maximum Gasteiger partial charge on any atom is 0.0468 e. The zero-order valence-electron chi connectivity index (χ0n) is 28.4. The molecule has 0 N–H and O–H groups in total. The summed E-state index contributed by atoms with van der Waals surface area (Å²) >= 11 is 1.85. The van der Waals surface area contributed by atoms with Crippen LogP contribution in [0.15, 0.2) is 200 Å². The van der Waals surface area contributed by atoms with Crippen LogP contribution in [0.4, 0.5) is 17.1 Å². The Balaban J connectivity index is 1.01. The van der Waals surface area contributed by atoms with Crippen LogP contribution in [-0.4, -0.2) is 0 Å². The van der Waals surface area contributed by atoms with Crippen molar-refractivity contribution >= 4 is 70.1 Å². The molecule has 0 spiro atoms. The Hall–Kier alpha value is -6.48. The van der Waals surface area contributed by atoms with E-state index in [-0.39, 0.29) is 0 Å². The summed E-state index contributed by atoms with van der Waals surface area (Å²) in [6.07, 6.45) is 0. The standard InChI is InChI=1S/C50H33NS/c1-2-8-34(9-3-1)36-20-24-44(25-21-36)51(46-28-29-50-48(33-46)47-12-6-7-13-49(47)52-50)45-26-22-37(23-27-45)39-16-17-42-32-43(19-18-41(42)31-39)40-15-14-35-10-4-5-11-38(35)30-40/h1-33H. The summed E-state index contributed by atoms with van der Waals surface area (Å²) in [5, 5.41) is 7.61. The predicted molar refractivity (Wildman–Crippen MR) is 225 cm³/mol. The molecule has 0 saturated heterocycles. The first-order chi connectivity index (χ1) is 25.7. The number of anilines is 3. The highest BCUT2D eigenvalue weighted by molar-refractivity contribution is 7.25. The van der Waals surface area contributed by atoms with Crippen LogP contribution < -0.4 is 4.90 Å². The lowest BCUT2D eigenvalue weighted by atomic mass is 9.96. The highest BCUT2D eigenvalue weighted by Crippen LogP contribution is 2.41. The topological polar surface area (TPSA) is 3.24 Å². The minimum absolute atomic E-state index is 1.12. The van der Waals surface area contributed by atoms with E-state index in [1.54, 1.807) is 0 Å². The van der Waals surface area contributed by atoms with Gasteiger partial charge < -0.3 is 4.90 Å². The van der Waals surface area contributed by atoms with Crippen molar-refractivity contribution in [2.24, 2.45) is 0 Å². The molecule has 52 heavy (non-hydrogen) atoms. The van der Waals surface area contributed by atoms with Crippen LogP contribution in [-0.2, 0) is 0 Å². The Morgan fingerprint density at radius 1 is 0.269 bits per heavy atom. The SMILES string of the molecule is c1ccc(-c2ccc(N(c3ccc(-c4ccc5cc(-c6ccc7ccccc7c6)ccc5c4)cc3)c3ccc4sc5ccccc5c4c3)cc2)cc1. The van der Waals surface area contributed by atoms with E-state index in [4.69, 9.17) is 0 Å². The molecule has 0 atom stereocenters. The molecule has 1 nitrogen and oxygen atoms in total. The lowest BCUT2D eigenvalue weighted by Gasteiger charge is -2.26. The van der Waals surface area contributed by atoms with E-state index in [9.17, 15) is 0 Å². The molecule has 244 valence electrons. The van der Waals surface area contributed by atoms with Gasteiger partial charge in [-0.05, 0) is 122 Å². The fourth-order valence-corrected chi connectivity index (χ4v) is 8.60. The molecule has 0 bridgehead atoms. The van der Waals surface area contributed by atoms with Gasteiger partial charge in [0.25, 0.3) is 0 Å². The van der Waals surface area contributed by atoms with E-state index >= 15 is 0 Å². The monoisotopic (exact) mass is 679 g/mol. The van der Waals surface area contributed by atoms with Crippen molar-refractivity contribution in [2.75, 3.05) is 4.90 Å². The maximum absolute atomic E-state index is 2.37. The molecule has 1 aromatic heterocycles. The van der Waals surface area contributed by atoms with E-state index in [1.807, 2.05) is 11.3 Å². The number of hydrogen-bond donors (Lipinski definition) is 0. The van der Waals surface area contributed by atoms with Crippen LogP contribution >= 0.6 is 11.3 Å². The molecule has 0 saturated carbocycles. The molecule has 0 fully saturated rings. The number of nitrogens with zero attached hydrogens (tertiary/aromatic N) is 1. The summed E-state index contributed by atoms with van der Waals surface area (Å²) in [6.45, 7) is 0. The molecule has 1 heterocycles.